The first kappa shape index (κ1) is 21.3. The molecule has 0 atom stereocenters. The van der Waals surface area contributed by atoms with E-state index in [-0.39, 0.29) is 23.8 Å². The molecule has 0 bridgehead atoms. The number of thioether (sulfide) groups is 1. The molecule has 146 valence electrons. The summed E-state index contributed by atoms with van der Waals surface area (Å²) in [4.78, 5) is 13.3. The summed E-state index contributed by atoms with van der Waals surface area (Å²) in [6.45, 7) is 0.257. The Kier molecular flexibility index (Phi) is 7.70. The fraction of sp³-hybridized carbons (Fsp3) is 0.316. The third-order valence-corrected chi connectivity index (χ3v) is 6.59. The van der Waals surface area contributed by atoms with Gasteiger partial charge in [0.15, 0.2) is 0 Å². The molecule has 0 saturated heterocycles. The third-order valence-electron chi connectivity index (χ3n) is 4.00. The minimum Gasteiger partial charge on any atom is -0.497 e. The molecule has 2 rings (SSSR count). The Labute approximate surface area is 165 Å². The number of nitrogens with one attached hydrogen (secondary N) is 1. The summed E-state index contributed by atoms with van der Waals surface area (Å²) in [5.41, 5.74) is 0.742. The molecule has 6 nitrogen and oxygen atoms in total. The molecule has 1 N–H and O–H groups in total. The van der Waals surface area contributed by atoms with Crippen LogP contribution in [-0.4, -0.2) is 45.6 Å². The lowest BCUT2D eigenvalue weighted by molar-refractivity contribution is -0.116. The molecule has 1 amide bonds. The van der Waals surface area contributed by atoms with Crippen LogP contribution in [0.3, 0.4) is 0 Å². The second kappa shape index (κ2) is 9.77. The van der Waals surface area contributed by atoms with Crippen molar-refractivity contribution in [2.24, 2.45) is 0 Å². The van der Waals surface area contributed by atoms with Crippen LogP contribution in [0.4, 0.5) is 5.69 Å². The summed E-state index contributed by atoms with van der Waals surface area (Å²) in [6.07, 6.45) is 2.64. The number of rotatable bonds is 9. The van der Waals surface area contributed by atoms with E-state index in [0.717, 1.165) is 10.6 Å². The predicted octanol–water partition coefficient (Wildman–Crippen LogP) is 3.46. The van der Waals surface area contributed by atoms with Gasteiger partial charge in [-0.3, -0.25) is 4.79 Å². The van der Waals surface area contributed by atoms with Crippen LogP contribution in [0.25, 0.3) is 0 Å². The first-order valence-corrected chi connectivity index (χ1v) is 11.1. The Morgan fingerprint density at radius 2 is 1.89 bits per heavy atom. The molecule has 2 aromatic carbocycles. The zero-order valence-electron chi connectivity index (χ0n) is 15.6. The fourth-order valence-corrected chi connectivity index (χ4v) is 4.10. The number of sulfonamides is 1. The number of ether oxygens (including phenoxy) is 1. The number of nitrogens with zero attached hydrogens (tertiary/aromatic N) is 1. The van der Waals surface area contributed by atoms with E-state index in [1.54, 1.807) is 23.9 Å². The van der Waals surface area contributed by atoms with Gasteiger partial charge in [0, 0.05) is 30.6 Å². The number of benzene rings is 2. The van der Waals surface area contributed by atoms with E-state index in [2.05, 4.69) is 5.32 Å². The highest BCUT2D eigenvalue weighted by molar-refractivity contribution is 7.98. The molecule has 0 aliphatic heterocycles. The quantitative estimate of drug-likeness (QED) is 0.643. The molecule has 0 aliphatic rings. The molecule has 0 unspecified atom stereocenters. The molecule has 0 saturated carbocycles. The Bertz CT molecular complexity index is 868. The molecular formula is C19H24N2O4S2. The molecule has 27 heavy (non-hydrogen) atoms. The molecule has 0 aliphatic carbocycles. The minimum absolute atomic E-state index is 0.136. The highest BCUT2D eigenvalue weighted by Gasteiger charge is 2.20. The second-order valence-corrected chi connectivity index (χ2v) is 8.81. The van der Waals surface area contributed by atoms with E-state index < -0.39 is 10.0 Å². The van der Waals surface area contributed by atoms with Crippen LogP contribution < -0.4 is 10.1 Å². The average Bonchev–Trinajstić information content (AvgIpc) is 2.68. The van der Waals surface area contributed by atoms with Crippen LogP contribution >= 0.6 is 11.8 Å². The van der Waals surface area contributed by atoms with E-state index >= 15 is 0 Å². The van der Waals surface area contributed by atoms with Gasteiger partial charge in [-0.1, -0.05) is 6.07 Å². The van der Waals surface area contributed by atoms with Crippen molar-refractivity contribution < 1.29 is 17.9 Å². The van der Waals surface area contributed by atoms with E-state index in [9.17, 15) is 13.2 Å². The Morgan fingerprint density at radius 3 is 2.52 bits per heavy atom. The maximum atomic E-state index is 12.6. The summed E-state index contributed by atoms with van der Waals surface area (Å²) >= 11 is 1.60. The van der Waals surface area contributed by atoms with Gasteiger partial charge in [0.2, 0.25) is 15.9 Å². The number of methoxy groups -OCH3 is 1. The number of carbonyl (C=O) groups is 1. The Hall–Kier alpha value is -2.03. The van der Waals surface area contributed by atoms with Gasteiger partial charge in [-0.25, -0.2) is 12.7 Å². The lowest BCUT2D eigenvalue weighted by atomic mass is 10.2. The standard InChI is InChI=1S/C19H24N2O4S2/c1-21(27(23,24)18-11-9-16(25-2)10-12-18)13-5-8-19(22)20-15-6-4-7-17(14-15)26-3/h4,6-7,9-12,14H,5,8,13H2,1-3H3,(H,20,22). The number of amides is 1. The SMILES string of the molecule is COc1ccc(S(=O)(=O)N(C)CCCC(=O)Nc2cccc(SC)c2)cc1. The zero-order valence-corrected chi connectivity index (χ0v) is 17.3. The van der Waals surface area contributed by atoms with Gasteiger partial charge in [-0.05, 0) is 55.1 Å². The highest BCUT2D eigenvalue weighted by atomic mass is 32.2. The maximum Gasteiger partial charge on any atom is 0.242 e. The van der Waals surface area contributed by atoms with Crippen molar-refractivity contribution in [1.82, 2.24) is 4.31 Å². The summed E-state index contributed by atoms with van der Waals surface area (Å²) in [5.74, 6) is 0.460. The van der Waals surface area contributed by atoms with Gasteiger partial charge >= 0.3 is 0 Å². The molecule has 0 aromatic heterocycles. The largest absolute Gasteiger partial charge is 0.497 e. The van der Waals surface area contributed by atoms with E-state index in [4.69, 9.17) is 4.74 Å². The molecule has 8 heteroatoms. The van der Waals surface area contributed by atoms with Gasteiger partial charge in [-0.15, -0.1) is 11.8 Å². The lowest BCUT2D eigenvalue weighted by Crippen LogP contribution is -2.28. The number of hydrogen-bond acceptors (Lipinski definition) is 5. The molecule has 0 radical (unpaired) electrons. The van der Waals surface area contributed by atoms with Crippen LogP contribution in [0.1, 0.15) is 12.8 Å². The van der Waals surface area contributed by atoms with Gasteiger partial charge in [0.1, 0.15) is 5.75 Å². The number of carbonyl (C=O) groups excluding carboxylic acids is 1. The molecule has 2 aromatic rings. The molecule has 0 fully saturated rings. The van der Waals surface area contributed by atoms with Gasteiger partial charge in [0.05, 0.1) is 12.0 Å². The van der Waals surface area contributed by atoms with Crippen LogP contribution in [0.15, 0.2) is 58.3 Å². The first-order valence-electron chi connectivity index (χ1n) is 8.41. The Morgan fingerprint density at radius 1 is 1.19 bits per heavy atom. The lowest BCUT2D eigenvalue weighted by Gasteiger charge is -2.17. The predicted molar refractivity (Wildman–Crippen MR) is 109 cm³/mol. The molecule has 0 heterocycles. The summed E-state index contributed by atoms with van der Waals surface area (Å²) in [7, 11) is -0.547. The minimum atomic E-state index is -3.59. The third kappa shape index (κ3) is 5.98. The maximum absolute atomic E-state index is 12.6. The van der Waals surface area contributed by atoms with Gasteiger partial charge < -0.3 is 10.1 Å². The van der Waals surface area contributed by atoms with Crippen molar-refractivity contribution in [2.75, 3.05) is 32.3 Å². The fourth-order valence-electron chi connectivity index (χ4n) is 2.43. The number of hydrogen-bond donors (Lipinski definition) is 1. The average molecular weight is 409 g/mol. The van der Waals surface area contributed by atoms with Gasteiger partial charge in [-0.2, -0.15) is 0 Å². The van der Waals surface area contributed by atoms with Crippen molar-refractivity contribution in [1.29, 1.82) is 0 Å². The first-order chi connectivity index (χ1) is 12.9. The van der Waals surface area contributed by atoms with E-state index in [1.165, 1.54) is 30.6 Å². The van der Waals surface area contributed by atoms with Crippen molar-refractivity contribution in [3.8, 4) is 5.75 Å². The van der Waals surface area contributed by atoms with Gasteiger partial charge in [0.25, 0.3) is 0 Å². The summed E-state index contributed by atoms with van der Waals surface area (Å²) in [6, 6.07) is 13.8. The Balaban J connectivity index is 1.86. The van der Waals surface area contributed by atoms with Crippen LogP contribution in [0.5, 0.6) is 5.75 Å². The zero-order chi connectivity index (χ0) is 19.9. The van der Waals surface area contributed by atoms with Crippen molar-refractivity contribution in [2.45, 2.75) is 22.6 Å². The van der Waals surface area contributed by atoms with Crippen LogP contribution in [0.2, 0.25) is 0 Å². The van der Waals surface area contributed by atoms with Crippen LogP contribution in [0, 0.1) is 0 Å². The topological polar surface area (TPSA) is 75.7 Å². The highest BCUT2D eigenvalue weighted by Crippen LogP contribution is 2.20. The van der Waals surface area contributed by atoms with E-state index in [0.29, 0.717) is 12.2 Å². The van der Waals surface area contributed by atoms with Crippen molar-refractivity contribution in [3.05, 3.63) is 48.5 Å². The normalized spacial score (nSPS) is 11.4. The molecule has 0 spiro atoms. The van der Waals surface area contributed by atoms with Crippen molar-refractivity contribution in [3.63, 3.8) is 0 Å². The summed E-state index contributed by atoms with van der Waals surface area (Å²) < 4.78 is 31.4. The summed E-state index contributed by atoms with van der Waals surface area (Å²) in [5, 5.41) is 2.84. The number of anilines is 1. The smallest absolute Gasteiger partial charge is 0.242 e. The van der Waals surface area contributed by atoms with Crippen LogP contribution in [-0.2, 0) is 14.8 Å². The van der Waals surface area contributed by atoms with E-state index in [1.807, 2.05) is 30.5 Å². The molecular weight excluding hydrogens is 384 g/mol. The second-order valence-electron chi connectivity index (χ2n) is 5.89. The monoisotopic (exact) mass is 408 g/mol. The van der Waals surface area contributed by atoms with Crippen molar-refractivity contribution >= 4 is 33.4 Å².